The minimum Gasteiger partial charge on any atom is -0.484 e. The standard InChI is InChI=1S/C18H20ClN3O2/c19-14-4-7-16(8-5-14)24-13-18(23)21-15-6-9-17(20-12-15)22-10-2-1-3-11-22/h4-9,12H,1-3,10-11,13H2,(H,21,23). The lowest BCUT2D eigenvalue weighted by atomic mass is 10.1. The monoisotopic (exact) mass is 345 g/mol. The van der Waals surface area contributed by atoms with Gasteiger partial charge in [-0.3, -0.25) is 4.79 Å². The number of amides is 1. The number of carbonyl (C=O) groups excluding carboxylic acids is 1. The number of rotatable bonds is 5. The molecule has 2 aromatic rings. The van der Waals surface area contributed by atoms with Crippen molar-refractivity contribution < 1.29 is 9.53 Å². The molecule has 0 unspecified atom stereocenters. The highest BCUT2D eigenvalue weighted by atomic mass is 35.5. The fourth-order valence-corrected chi connectivity index (χ4v) is 2.77. The highest BCUT2D eigenvalue weighted by molar-refractivity contribution is 6.30. The van der Waals surface area contributed by atoms with Crippen LogP contribution in [0.2, 0.25) is 5.02 Å². The van der Waals surface area contributed by atoms with E-state index < -0.39 is 0 Å². The minimum absolute atomic E-state index is 0.0600. The van der Waals surface area contributed by atoms with Crippen LogP contribution in [0.3, 0.4) is 0 Å². The second-order valence-corrected chi connectivity index (χ2v) is 6.18. The molecule has 6 heteroatoms. The van der Waals surface area contributed by atoms with Gasteiger partial charge in [-0.2, -0.15) is 0 Å². The van der Waals surface area contributed by atoms with Gasteiger partial charge in [0, 0.05) is 18.1 Å². The molecule has 0 spiro atoms. The SMILES string of the molecule is O=C(COc1ccc(Cl)cc1)Nc1ccc(N2CCCCC2)nc1. The van der Waals surface area contributed by atoms with E-state index in [1.165, 1.54) is 19.3 Å². The molecule has 1 aliphatic rings. The van der Waals surface area contributed by atoms with Gasteiger partial charge < -0.3 is 15.0 Å². The lowest BCUT2D eigenvalue weighted by Crippen LogP contribution is -2.30. The molecule has 1 N–H and O–H groups in total. The first kappa shape index (κ1) is 16.6. The number of nitrogens with one attached hydrogen (secondary N) is 1. The molecule has 1 fully saturated rings. The third-order valence-electron chi connectivity index (χ3n) is 3.90. The Morgan fingerprint density at radius 2 is 1.88 bits per heavy atom. The van der Waals surface area contributed by atoms with E-state index in [4.69, 9.17) is 16.3 Å². The van der Waals surface area contributed by atoms with E-state index in [2.05, 4.69) is 15.2 Å². The topological polar surface area (TPSA) is 54.5 Å². The van der Waals surface area contributed by atoms with Crippen LogP contribution in [0.4, 0.5) is 11.5 Å². The molecule has 1 saturated heterocycles. The molecule has 0 aliphatic carbocycles. The van der Waals surface area contributed by atoms with Crippen molar-refractivity contribution in [2.24, 2.45) is 0 Å². The van der Waals surface area contributed by atoms with Crippen LogP contribution in [0.15, 0.2) is 42.6 Å². The van der Waals surface area contributed by atoms with Gasteiger partial charge in [-0.15, -0.1) is 0 Å². The maximum atomic E-state index is 11.9. The van der Waals surface area contributed by atoms with Crippen LogP contribution >= 0.6 is 11.6 Å². The van der Waals surface area contributed by atoms with Crippen molar-refractivity contribution in [3.8, 4) is 5.75 Å². The lowest BCUT2D eigenvalue weighted by molar-refractivity contribution is -0.118. The molecule has 5 nitrogen and oxygen atoms in total. The number of aromatic nitrogens is 1. The third-order valence-corrected chi connectivity index (χ3v) is 4.15. The number of piperidine rings is 1. The zero-order valence-corrected chi connectivity index (χ0v) is 14.1. The van der Waals surface area contributed by atoms with Gasteiger partial charge in [0.05, 0.1) is 11.9 Å². The summed E-state index contributed by atoms with van der Waals surface area (Å²) < 4.78 is 5.41. The lowest BCUT2D eigenvalue weighted by Gasteiger charge is -2.27. The highest BCUT2D eigenvalue weighted by Gasteiger charge is 2.12. The van der Waals surface area contributed by atoms with E-state index in [9.17, 15) is 4.79 Å². The zero-order valence-electron chi connectivity index (χ0n) is 13.4. The van der Waals surface area contributed by atoms with Crippen LogP contribution in [0.1, 0.15) is 19.3 Å². The number of benzene rings is 1. The van der Waals surface area contributed by atoms with E-state index >= 15 is 0 Å². The van der Waals surface area contributed by atoms with E-state index in [1.54, 1.807) is 30.5 Å². The van der Waals surface area contributed by atoms with Crippen LogP contribution in [-0.2, 0) is 4.79 Å². The number of hydrogen-bond acceptors (Lipinski definition) is 4. The number of nitrogens with zero attached hydrogens (tertiary/aromatic N) is 2. The molecule has 0 bridgehead atoms. The molecule has 126 valence electrons. The second-order valence-electron chi connectivity index (χ2n) is 5.74. The number of halogens is 1. The van der Waals surface area contributed by atoms with Gasteiger partial charge in [0.25, 0.3) is 5.91 Å². The summed E-state index contributed by atoms with van der Waals surface area (Å²) in [4.78, 5) is 18.7. The predicted molar refractivity (Wildman–Crippen MR) is 95.9 cm³/mol. The minimum atomic E-state index is -0.225. The summed E-state index contributed by atoms with van der Waals surface area (Å²) in [7, 11) is 0. The molecule has 1 aromatic heterocycles. The third kappa shape index (κ3) is 4.61. The normalized spacial score (nSPS) is 14.3. The van der Waals surface area contributed by atoms with Gasteiger partial charge in [0.1, 0.15) is 11.6 Å². The van der Waals surface area contributed by atoms with Crippen molar-refractivity contribution in [2.75, 3.05) is 29.9 Å². The zero-order chi connectivity index (χ0) is 16.8. The van der Waals surface area contributed by atoms with E-state index in [1.807, 2.05) is 12.1 Å². The highest BCUT2D eigenvalue weighted by Crippen LogP contribution is 2.19. The van der Waals surface area contributed by atoms with Crippen molar-refractivity contribution in [1.82, 2.24) is 4.98 Å². The first-order valence-electron chi connectivity index (χ1n) is 8.10. The number of hydrogen-bond donors (Lipinski definition) is 1. The Morgan fingerprint density at radius 3 is 2.54 bits per heavy atom. The summed E-state index contributed by atoms with van der Waals surface area (Å²) >= 11 is 5.81. The Labute approximate surface area is 146 Å². The Balaban J connectivity index is 1.49. The van der Waals surface area contributed by atoms with Crippen LogP contribution in [0.25, 0.3) is 0 Å². The Bertz CT molecular complexity index is 668. The van der Waals surface area contributed by atoms with Gasteiger partial charge in [0.2, 0.25) is 0 Å². The number of pyridine rings is 1. The quantitative estimate of drug-likeness (QED) is 0.896. The molecule has 0 radical (unpaired) electrons. The average Bonchev–Trinajstić information content (AvgIpc) is 2.63. The molecule has 3 rings (SSSR count). The Hall–Kier alpha value is -2.27. The van der Waals surface area contributed by atoms with Crippen molar-refractivity contribution in [2.45, 2.75) is 19.3 Å². The molecular weight excluding hydrogens is 326 g/mol. The van der Waals surface area contributed by atoms with Crippen LogP contribution < -0.4 is 15.0 Å². The van der Waals surface area contributed by atoms with Gasteiger partial charge in [-0.05, 0) is 55.7 Å². The smallest absolute Gasteiger partial charge is 0.262 e. The maximum Gasteiger partial charge on any atom is 0.262 e. The summed E-state index contributed by atoms with van der Waals surface area (Å²) in [5.74, 6) is 1.34. The maximum absolute atomic E-state index is 11.9. The summed E-state index contributed by atoms with van der Waals surface area (Å²) in [6.45, 7) is 2.04. The number of ether oxygens (including phenoxy) is 1. The average molecular weight is 346 g/mol. The molecule has 0 atom stereocenters. The predicted octanol–water partition coefficient (Wildman–Crippen LogP) is 3.74. The number of anilines is 2. The van der Waals surface area contributed by atoms with Gasteiger partial charge in [-0.1, -0.05) is 11.6 Å². The number of carbonyl (C=O) groups is 1. The summed E-state index contributed by atoms with van der Waals surface area (Å²) in [6.07, 6.45) is 5.40. The van der Waals surface area contributed by atoms with E-state index in [0.717, 1.165) is 18.9 Å². The summed E-state index contributed by atoms with van der Waals surface area (Å²) in [6, 6.07) is 10.7. The van der Waals surface area contributed by atoms with Crippen molar-refractivity contribution in [1.29, 1.82) is 0 Å². The van der Waals surface area contributed by atoms with Crippen molar-refractivity contribution in [3.63, 3.8) is 0 Å². The largest absolute Gasteiger partial charge is 0.484 e. The molecule has 2 heterocycles. The van der Waals surface area contributed by atoms with Gasteiger partial charge >= 0.3 is 0 Å². The van der Waals surface area contributed by atoms with Crippen LogP contribution in [0.5, 0.6) is 5.75 Å². The first-order valence-corrected chi connectivity index (χ1v) is 8.48. The first-order chi connectivity index (χ1) is 11.7. The molecule has 1 aliphatic heterocycles. The van der Waals surface area contributed by atoms with Crippen molar-refractivity contribution >= 4 is 29.0 Å². The Kier molecular flexibility index (Phi) is 5.54. The molecule has 1 aromatic carbocycles. The van der Waals surface area contributed by atoms with Crippen LogP contribution in [0, 0.1) is 0 Å². The van der Waals surface area contributed by atoms with Crippen molar-refractivity contribution in [3.05, 3.63) is 47.6 Å². The fraction of sp³-hybridized carbons (Fsp3) is 0.333. The Morgan fingerprint density at radius 1 is 1.12 bits per heavy atom. The molecule has 1 amide bonds. The fourth-order valence-electron chi connectivity index (χ4n) is 2.65. The van der Waals surface area contributed by atoms with E-state index in [-0.39, 0.29) is 12.5 Å². The summed E-state index contributed by atoms with van der Waals surface area (Å²) in [5.41, 5.74) is 0.667. The molecule has 0 saturated carbocycles. The van der Waals surface area contributed by atoms with E-state index in [0.29, 0.717) is 16.5 Å². The summed E-state index contributed by atoms with van der Waals surface area (Å²) in [5, 5.41) is 3.41. The molecular formula is C18H20ClN3O2. The van der Waals surface area contributed by atoms with Gasteiger partial charge in [0.15, 0.2) is 6.61 Å². The van der Waals surface area contributed by atoms with Crippen LogP contribution in [-0.4, -0.2) is 30.6 Å². The second kappa shape index (κ2) is 8.02. The molecule has 24 heavy (non-hydrogen) atoms. The van der Waals surface area contributed by atoms with Gasteiger partial charge in [-0.25, -0.2) is 4.98 Å².